The second-order valence-corrected chi connectivity index (χ2v) is 4.15. The summed E-state index contributed by atoms with van der Waals surface area (Å²) in [6, 6.07) is 0. The van der Waals surface area contributed by atoms with E-state index in [0.29, 0.717) is 0 Å². The van der Waals surface area contributed by atoms with Crippen LogP contribution in [0.15, 0.2) is 23.8 Å². The van der Waals surface area contributed by atoms with Crippen LogP contribution in [0.5, 0.6) is 0 Å². The Morgan fingerprint density at radius 2 is 2.30 bits per heavy atom. The third kappa shape index (κ3) is 2.98. The molecule has 0 spiro atoms. The first kappa shape index (κ1) is 8.47. The first-order valence-corrected chi connectivity index (χ1v) is 6.11. The summed E-state index contributed by atoms with van der Waals surface area (Å²) in [6.45, 7) is 0. The van der Waals surface area contributed by atoms with Gasteiger partial charge in [-0.05, 0) is 0 Å². The molecule has 0 aliphatic heterocycles. The number of rotatable bonds is 3. The van der Waals surface area contributed by atoms with Crippen molar-refractivity contribution < 1.29 is 0 Å². The van der Waals surface area contributed by atoms with E-state index in [9.17, 15) is 0 Å². The molecule has 0 fully saturated rings. The van der Waals surface area contributed by atoms with Gasteiger partial charge in [-0.15, -0.1) is 0 Å². The molecule has 0 amide bonds. The summed E-state index contributed by atoms with van der Waals surface area (Å²) < 4.78 is 1.39. The van der Waals surface area contributed by atoms with E-state index < -0.39 is 0 Å². The first-order chi connectivity index (χ1) is 4.93. The topological polar surface area (TPSA) is 0 Å². The van der Waals surface area contributed by atoms with Gasteiger partial charge in [-0.1, -0.05) is 0 Å². The number of hydrogen-bond acceptors (Lipinski definition) is 0. The van der Waals surface area contributed by atoms with E-state index in [1.54, 1.807) is 30.6 Å². The third-order valence-electron chi connectivity index (χ3n) is 1.68. The molecule has 0 saturated carbocycles. The van der Waals surface area contributed by atoms with Crippen molar-refractivity contribution in [3.05, 3.63) is 23.8 Å². The molecule has 1 rings (SSSR count). The van der Waals surface area contributed by atoms with Crippen LogP contribution in [0.25, 0.3) is 0 Å². The maximum atomic E-state index is 2.38. The van der Waals surface area contributed by atoms with E-state index in [1.807, 2.05) is 0 Å². The van der Waals surface area contributed by atoms with Gasteiger partial charge in [0.25, 0.3) is 0 Å². The minimum atomic E-state index is 1.25. The summed E-state index contributed by atoms with van der Waals surface area (Å²) in [5, 5.41) is 0. The van der Waals surface area contributed by atoms with Gasteiger partial charge >= 0.3 is 78.6 Å². The summed E-state index contributed by atoms with van der Waals surface area (Å²) >= 11 is 1.72. The molecule has 0 bridgehead atoms. The van der Waals surface area contributed by atoms with Crippen molar-refractivity contribution in [1.82, 2.24) is 0 Å². The van der Waals surface area contributed by atoms with Crippen LogP contribution in [0.2, 0.25) is 4.08 Å². The van der Waals surface area contributed by atoms with E-state index in [1.165, 1.54) is 29.8 Å². The fourth-order valence-electron chi connectivity index (χ4n) is 1.13. The molecule has 0 aromatic carbocycles. The Labute approximate surface area is 78.5 Å². The van der Waals surface area contributed by atoms with Gasteiger partial charge in [0.05, 0.1) is 0 Å². The van der Waals surface area contributed by atoms with Crippen molar-refractivity contribution in [3.63, 3.8) is 0 Å². The van der Waals surface area contributed by atoms with Crippen molar-refractivity contribution >= 4 is 25.1 Å². The second kappa shape index (κ2) is 5.08. The molecule has 0 saturated heterocycles. The van der Waals surface area contributed by atoms with Crippen molar-refractivity contribution in [2.24, 2.45) is 0 Å². The zero-order valence-corrected chi connectivity index (χ0v) is 9.35. The van der Waals surface area contributed by atoms with Crippen LogP contribution in [0.1, 0.15) is 25.7 Å². The first-order valence-electron chi connectivity index (χ1n) is 3.87. The molecular formula is C9H13Po. The quantitative estimate of drug-likeness (QED) is 0.746. The van der Waals surface area contributed by atoms with Crippen LogP contribution in [0.3, 0.4) is 0 Å². The van der Waals surface area contributed by atoms with Gasteiger partial charge in [0, 0.05) is 0 Å². The molecular weight excluding hydrogens is 317 g/mol. The van der Waals surface area contributed by atoms with Gasteiger partial charge in [-0.3, -0.25) is 0 Å². The molecule has 1 aliphatic rings. The van der Waals surface area contributed by atoms with Gasteiger partial charge in [0.15, 0.2) is 0 Å². The van der Waals surface area contributed by atoms with Gasteiger partial charge in [-0.25, -0.2) is 0 Å². The summed E-state index contributed by atoms with van der Waals surface area (Å²) in [6.07, 6.45) is 12.2. The molecule has 0 unspecified atom stereocenters. The Balaban J connectivity index is 2.26. The van der Waals surface area contributed by atoms with Crippen molar-refractivity contribution in [2.45, 2.75) is 29.8 Å². The van der Waals surface area contributed by atoms with Crippen LogP contribution in [0, 0.1) is 0 Å². The molecule has 1 heteroatoms. The Morgan fingerprint density at radius 3 is 2.90 bits per heavy atom. The van der Waals surface area contributed by atoms with Gasteiger partial charge < -0.3 is 0 Å². The monoisotopic (exact) mass is 330 g/mol. The SMILES string of the molecule is [Po][CH2]CCC1=CCCC=C1. The predicted octanol–water partition coefficient (Wildman–Crippen LogP) is 2.63. The number of hydrogen-bond donors (Lipinski definition) is 0. The molecule has 1 aliphatic carbocycles. The van der Waals surface area contributed by atoms with E-state index in [2.05, 4.69) is 18.2 Å². The van der Waals surface area contributed by atoms with Crippen LogP contribution in [-0.2, 0) is 0 Å². The van der Waals surface area contributed by atoms with Gasteiger partial charge in [0.1, 0.15) is 0 Å². The summed E-state index contributed by atoms with van der Waals surface area (Å²) in [4.78, 5) is 0. The zero-order valence-electron chi connectivity index (χ0n) is 6.18. The summed E-state index contributed by atoms with van der Waals surface area (Å²) in [5.74, 6) is 0. The molecule has 0 nitrogen and oxygen atoms in total. The Kier molecular flexibility index (Phi) is 4.31. The van der Waals surface area contributed by atoms with Crippen LogP contribution in [-0.4, -0.2) is 25.1 Å². The summed E-state index contributed by atoms with van der Waals surface area (Å²) in [7, 11) is 0. The van der Waals surface area contributed by atoms with Crippen LogP contribution in [0.4, 0.5) is 0 Å². The zero-order chi connectivity index (χ0) is 7.23. The third-order valence-corrected chi connectivity index (χ3v) is 2.80. The molecule has 0 aromatic rings. The maximum absolute atomic E-state index is 2.38. The standard InChI is InChI=1S/C9H13.Po/c1-2-6-9-7-4-3-5-8-9;/h4,7-8H,1-3,5-6H2;. The van der Waals surface area contributed by atoms with Crippen molar-refractivity contribution in [1.29, 1.82) is 0 Å². The van der Waals surface area contributed by atoms with Crippen LogP contribution < -0.4 is 0 Å². The van der Waals surface area contributed by atoms with E-state index >= 15 is 0 Å². The molecule has 1 radical (unpaired) electrons. The summed E-state index contributed by atoms with van der Waals surface area (Å²) in [5.41, 5.74) is 1.56. The minimum absolute atomic E-state index is 1.25. The van der Waals surface area contributed by atoms with Crippen LogP contribution >= 0.6 is 0 Å². The second-order valence-electron chi connectivity index (χ2n) is 2.57. The molecule has 0 N–H and O–H groups in total. The Morgan fingerprint density at radius 1 is 1.40 bits per heavy atom. The molecule has 10 heavy (non-hydrogen) atoms. The van der Waals surface area contributed by atoms with Crippen molar-refractivity contribution in [2.75, 3.05) is 0 Å². The fraction of sp³-hybridized carbons (Fsp3) is 0.556. The fourth-order valence-corrected chi connectivity index (χ4v) is 1.69. The van der Waals surface area contributed by atoms with E-state index in [0.717, 1.165) is 0 Å². The Hall–Kier alpha value is 0.376. The molecule has 0 atom stereocenters. The average molecular weight is 330 g/mol. The average Bonchev–Trinajstić information content (AvgIpc) is 2.03. The molecule has 0 aromatic heterocycles. The van der Waals surface area contributed by atoms with Crippen molar-refractivity contribution in [3.8, 4) is 0 Å². The van der Waals surface area contributed by atoms with E-state index in [-0.39, 0.29) is 0 Å². The van der Waals surface area contributed by atoms with E-state index in [4.69, 9.17) is 0 Å². The van der Waals surface area contributed by atoms with Gasteiger partial charge in [-0.2, -0.15) is 0 Å². The van der Waals surface area contributed by atoms with Gasteiger partial charge in [0.2, 0.25) is 0 Å². The normalized spacial score (nSPS) is 17.1. The molecule has 55 valence electrons. The Bertz CT molecular complexity index is 145. The molecule has 0 heterocycles. The number of allylic oxidation sites excluding steroid dienone is 4. The predicted molar refractivity (Wildman–Crippen MR) is 46.3 cm³/mol.